The minimum Gasteiger partial charge on any atom is -0.371 e. The normalized spacial score (nSPS) is 29.2. The molecule has 33 heavy (non-hydrogen) atoms. The number of fused-ring (bicyclic) bond motifs is 3. The summed E-state index contributed by atoms with van der Waals surface area (Å²) < 4.78 is 26.0. The molecule has 3 aliphatic rings. The SMILES string of the molecule is CC=NC1=C(C)NC=NC1NCCCCNc1ncnc2c1C(C)OC[C@@H]1CC(F)[C@H](N2)O1. The lowest BCUT2D eigenvalue weighted by Gasteiger charge is -2.22. The number of aliphatic imine (C=N–C) groups is 2. The molecule has 1 saturated heterocycles. The van der Waals surface area contributed by atoms with Gasteiger partial charge >= 0.3 is 0 Å². The van der Waals surface area contributed by atoms with E-state index < -0.39 is 12.4 Å². The molecule has 0 spiro atoms. The Morgan fingerprint density at radius 1 is 1.30 bits per heavy atom. The van der Waals surface area contributed by atoms with Gasteiger partial charge in [-0.05, 0) is 40.2 Å². The maximum absolute atomic E-state index is 14.3. The van der Waals surface area contributed by atoms with Crippen molar-refractivity contribution in [2.75, 3.05) is 30.3 Å². The molecule has 2 bridgehead atoms. The van der Waals surface area contributed by atoms with Crippen LogP contribution in [0.1, 0.15) is 51.7 Å². The average Bonchev–Trinajstić information content (AvgIpc) is 3.18. The van der Waals surface area contributed by atoms with Crippen molar-refractivity contribution >= 4 is 24.2 Å². The summed E-state index contributed by atoms with van der Waals surface area (Å²) in [5.41, 5.74) is 2.70. The van der Waals surface area contributed by atoms with Crippen molar-refractivity contribution in [1.29, 1.82) is 0 Å². The Balaban J connectivity index is 1.30. The van der Waals surface area contributed by atoms with Gasteiger partial charge in [-0.1, -0.05) is 0 Å². The molecule has 1 fully saturated rings. The number of hydrogen-bond acceptors (Lipinski definition) is 10. The number of alkyl halides is 1. The molecule has 180 valence electrons. The smallest absolute Gasteiger partial charge is 0.160 e. The molecule has 0 aliphatic carbocycles. The molecule has 4 heterocycles. The van der Waals surface area contributed by atoms with Gasteiger partial charge < -0.3 is 25.4 Å². The first-order valence-electron chi connectivity index (χ1n) is 11.5. The summed E-state index contributed by atoms with van der Waals surface area (Å²) in [4.78, 5) is 17.6. The summed E-state index contributed by atoms with van der Waals surface area (Å²) in [7, 11) is 0. The number of anilines is 2. The third-order valence-corrected chi connectivity index (χ3v) is 5.91. The standard InChI is InChI=1S/C22H33FN8O2/c1-4-24-18-13(2)27-11-30-21(18)26-8-6-5-7-25-19-17-14(3)32-10-15-9-16(23)22(33-15)31-20(17)29-12-28-19/h4,11-12,14-16,21-22,26H,5-10H2,1-3H3,(H,27,30)(H2,25,28,29,31)/t14?,15-,16?,21?,22+/m0/s1. The molecule has 0 aromatic carbocycles. The van der Waals surface area contributed by atoms with Gasteiger partial charge in [0.15, 0.2) is 6.23 Å². The van der Waals surface area contributed by atoms with Crippen LogP contribution >= 0.6 is 0 Å². The van der Waals surface area contributed by atoms with Crippen LogP contribution in [0.2, 0.25) is 0 Å². The van der Waals surface area contributed by atoms with E-state index in [4.69, 9.17) is 9.47 Å². The monoisotopic (exact) mass is 460 g/mol. The van der Waals surface area contributed by atoms with Crippen LogP contribution in [-0.2, 0) is 9.47 Å². The van der Waals surface area contributed by atoms with E-state index in [0.717, 1.165) is 42.9 Å². The van der Waals surface area contributed by atoms with Gasteiger partial charge in [-0.2, -0.15) is 0 Å². The highest BCUT2D eigenvalue weighted by molar-refractivity contribution is 5.63. The molecule has 5 atom stereocenters. The van der Waals surface area contributed by atoms with Crippen molar-refractivity contribution in [3.63, 3.8) is 0 Å². The summed E-state index contributed by atoms with van der Waals surface area (Å²) in [5, 5.41) is 13.0. The first-order valence-corrected chi connectivity index (χ1v) is 11.5. The largest absolute Gasteiger partial charge is 0.371 e. The minimum absolute atomic E-state index is 0.137. The van der Waals surface area contributed by atoms with Crippen molar-refractivity contribution < 1.29 is 13.9 Å². The van der Waals surface area contributed by atoms with E-state index in [1.807, 2.05) is 20.8 Å². The van der Waals surface area contributed by atoms with Crippen molar-refractivity contribution in [3.8, 4) is 0 Å². The Hall–Kier alpha value is -2.63. The fourth-order valence-electron chi connectivity index (χ4n) is 4.17. The van der Waals surface area contributed by atoms with Crippen LogP contribution in [-0.4, -0.2) is 66.9 Å². The number of rotatable bonds is 8. The maximum Gasteiger partial charge on any atom is 0.160 e. The Bertz CT molecular complexity index is 908. The number of halogens is 1. The van der Waals surface area contributed by atoms with Crippen molar-refractivity contribution in [2.45, 2.75) is 70.8 Å². The molecule has 3 unspecified atom stereocenters. The third kappa shape index (κ3) is 5.66. The number of nitrogens with one attached hydrogen (secondary N) is 4. The van der Waals surface area contributed by atoms with E-state index in [1.54, 1.807) is 12.6 Å². The van der Waals surface area contributed by atoms with Crippen molar-refractivity contribution in [1.82, 2.24) is 20.6 Å². The zero-order valence-electron chi connectivity index (χ0n) is 19.3. The molecule has 11 heteroatoms. The molecular weight excluding hydrogens is 427 g/mol. The molecule has 4 rings (SSSR count). The van der Waals surface area contributed by atoms with Gasteiger partial charge in [-0.15, -0.1) is 0 Å². The first-order chi connectivity index (χ1) is 16.1. The molecule has 0 saturated carbocycles. The highest BCUT2D eigenvalue weighted by atomic mass is 19.1. The molecule has 4 N–H and O–H groups in total. The van der Waals surface area contributed by atoms with Gasteiger partial charge in [0.2, 0.25) is 0 Å². The second kappa shape index (κ2) is 11.0. The number of allylic oxidation sites excluding steroid dienone is 1. The predicted molar refractivity (Wildman–Crippen MR) is 126 cm³/mol. The van der Waals surface area contributed by atoms with Gasteiger partial charge in [0.1, 0.15) is 30.3 Å². The van der Waals surface area contributed by atoms with E-state index in [-0.39, 0.29) is 18.4 Å². The topological polar surface area (TPSA) is 117 Å². The van der Waals surface area contributed by atoms with Gasteiger partial charge in [-0.3, -0.25) is 15.3 Å². The van der Waals surface area contributed by atoms with Gasteiger partial charge in [0.05, 0.1) is 36.4 Å². The van der Waals surface area contributed by atoms with E-state index in [0.29, 0.717) is 24.7 Å². The molecule has 3 aliphatic heterocycles. The highest BCUT2D eigenvalue weighted by Gasteiger charge is 2.38. The number of hydrogen-bond donors (Lipinski definition) is 4. The van der Waals surface area contributed by atoms with Gasteiger partial charge in [0, 0.05) is 24.9 Å². The lowest BCUT2D eigenvalue weighted by atomic mass is 10.1. The van der Waals surface area contributed by atoms with Crippen LogP contribution in [0.5, 0.6) is 0 Å². The second-order valence-electron chi connectivity index (χ2n) is 8.35. The summed E-state index contributed by atoms with van der Waals surface area (Å²) in [5.74, 6) is 1.24. The fraction of sp³-hybridized carbons (Fsp3) is 0.636. The van der Waals surface area contributed by atoms with Crippen LogP contribution in [0.25, 0.3) is 0 Å². The Labute approximate surface area is 193 Å². The van der Waals surface area contributed by atoms with E-state index in [9.17, 15) is 4.39 Å². The number of aromatic nitrogens is 2. The van der Waals surface area contributed by atoms with Crippen LogP contribution in [0, 0.1) is 0 Å². The van der Waals surface area contributed by atoms with Crippen LogP contribution < -0.4 is 21.3 Å². The quantitative estimate of drug-likeness (QED) is 0.345. The first kappa shape index (κ1) is 23.5. The molecule has 1 aromatic heterocycles. The molecule has 0 radical (unpaired) electrons. The number of unbranched alkanes of at least 4 members (excludes halogenated alkanes) is 1. The summed E-state index contributed by atoms with van der Waals surface area (Å²) in [6.45, 7) is 7.73. The maximum atomic E-state index is 14.3. The summed E-state index contributed by atoms with van der Waals surface area (Å²) in [6.07, 6.45) is 4.72. The van der Waals surface area contributed by atoms with E-state index >= 15 is 0 Å². The Morgan fingerprint density at radius 2 is 2.15 bits per heavy atom. The second-order valence-corrected chi connectivity index (χ2v) is 8.35. The number of nitrogens with zero attached hydrogens (tertiary/aromatic N) is 4. The molecule has 1 aromatic rings. The lowest BCUT2D eigenvalue weighted by molar-refractivity contribution is -0.0303. The molecule has 0 amide bonds. The molecule has 10 nitrogen and oxygen atoms in total. The van der Waals surface area contributed by atoms with E-state index in [1.165, 1.54) is 6.33 Å². The third-order valence-electron chi connectivity index (χ3n) is 5.91. The lowest BCUT2D eigenvalue weighted by Crippen LogP contribution is -2.35. The molecular formula is C22H33FN8O2. The number of ether oxygens (including phenoxy) is 2. The van der Waals surface area contributed by atoms with Crippen LogP contribution in [0.15, 0.2) is 27.7 Å². The zero-order valence-corrected chi connectivity index (χ0v) is 19.3. The minimum atomic E-state index is -1.09. The van der Waals surface area contributed by atoms with E-state index in [2.05, 4.69) is 41.2 Å². The highest BCUT2D eigenvalue weighted by Crippen LogP contribution is 2.35. The summed E-state index contributed by atoms with van der Waals surface area (Å²) in [6, 6.07) is 0. The Morgan fingerprint density at radius 3 is 3.00 bits per heavy atom. The van der Waals surface area contributed by atoms with Gasteiger partial charge in [0.25, 0.3) is 0 Å². The van der Waals surface area contributed by atoms with Crippen LogP contribution in [0.4, 0.5) is 16.0 Å². The zero-order chi connectivity index (χ0) is 23.2. The van der Waals surface area contributed by atoms with Crippen molar-refractivity contribution in [2.24, 2.45) is 9.98 Å². The predicted octanol–water partition coefficient (Wildman–Crippen LogP) is 2.49. The average molecular weight is 461 g/mol. The van der Waals surface area contributed by atoms with Crippen LogP contribution in [0.3, 0.4) is 0 Å². The van der Waals surface area contributed by atoms with Gasteiger partial charge in [-0.25, -0.2) is 14.4 Å². The van der Waals surface area contributed by atoms with Crippen molar-refractivity contribution in [3.05, 3.63) is 23.3 Å². The summed E-state index contributed by atoms with van der Waals surface area (Å²) >= 11 is 0. The fourth-order valence-corrected chi connectivity index (χ4v) is 4.17. The Kier molecular flexibility index (Phi) is 7.84.